The number of hydrazone groups is 1. The molecule has 2 rings (SSSR count). The van der Waals surface area contributed by atoms with E-state index in [9.17, 15) is 8.42 Å². The third-order valence-electron chi connectivity index (χ3n) is 3.53. The Balaban J connectivity index is 2.14. The van der Waals surface area contributed by atoms with Crippen LogP contribution in [0.25, 0.3) is 0 Å². The van der Waals surface area contributed by atoms with Gasteiger partial charge in [-0.2, -0.15) is 9.41 Å². The van der Waals surface area contributed by atoms with E-state index in [0.717, 1.165) is 24.1 Å². The zero-order valence-corrected chi connectivity index (χ0v) is 14.3. The molecule has 0 bridgehead atoms. The molecule has 1 aromatic carbocycles. The van der Waals surface area contributed by atoms with Crippen LogP contribution in [0.4, 0.5) is 0 Å². The van der Waals surface area contributed by atoms with Crippen LogP contribution in [0.5, 0.6) is 0 Å². The maximum atomic E-state index is 12.4. The molecule has 0 aliphatic carbocycles. The van der Waals surface area contributed by atoms with Gasteiger partial charge in [0.25, 0.3) is 0 Å². The summed E-state index contributed by atoms with van der Waals surface area (Å²) in [5.74, 6) is 0. The molecule has 22 heavy (non-hydrogen) atoms. The molecule has 1 aliphatic heterocycles. The maximum absolute atomic E-state index is 12.4. The molecule has 0 aromatic heterocycles. The van der Waals surface area contributed by atoms with E-state index in [1.807, 2.05) is 6.92 Å². The van der Waals surface area contributed by atoms with E-state index in [4.69, 9.17) is 12.2 Å². The Morgan fingerprint density at radius 3 is 2.36 bits per heavy atom. The molecule has 8 heteroatoms. The first-order chi connectivity index (χ1) is 10.4. The van der Waals surface area contributed by atoms with Crippen molar-refractivity contribution in [3.05, 3.63) is 29.8 Å². The predicted octanol–water partition coefficient (Wildman–Crippen LogP) is 1.29. The summed E-state index contributed by atoms with van der Waals surface area (Å²) in [7, 11) is -1.66. The van der Waals surface area contributed by atoms with Crippen LogP contribution in [-0.4, -0.2) is 43.7 Å². The van der Waals surface area contributed by atoms with Gasteiger partial charge in [0.05, 0.1) is 10.6 Å². The summed E-state index contributed by atoms with van der Waals surface area (Å²) in [5.41, 5.74) is 4.27. The van der Waals surface area contributed by atoms with Gasteiger partial charge in [0.15, 0.2) is 5.11 Å². The minimum Gasteiger partial charge on any atom is -0.364 e. The average Bonchev–Trinajstić information content (AvgIpc) is 3.07. The van der Waals surface area contributed by atoms with Crippen LogP contribution in [0, 0.1) is 0 Å². The summed E-state index contributed by atoms with van der Waals surface area (Å²) in [5, 5.41) is 7.32. The van der Waals surface area contributed by atoms with Crippen molar-refractivity contribution < 1.29 is 8.42 Å². The predicted molar refractivity (Wildman–Crippen MR) is 91.4 cm³/mol. The zero-order chi connectivity index (χ0) is 16.2. The standard InChI is InChI=1S/C14H20N4O2S2/c1-11(16-17-14(21)15-2)12-5-7-13(8-6-12)22(19,20)18-9-3-4-10-18/h5-8H,3-4,9-10H2,1-2H3,(H2,15,17,21)/b16-11+. The van der Waals surface area contributed by atoms with E-state index in [0.29, 0.717) is 23.1 Å². The molecule has 120 valence electrons. The second-order valence-corrected chi connectivity index (χ2v) is 7.37. The van der Waals surface area contributed by atoms with Crippen molar-refractivity contribution in [2.24, 2.45) is 5.10 Å². The Kier molecular flexibility index (Phi) is 5.49. The minimum atomic E-state index is -3.36. The van der Waals surface area contributed by atoms with Crippen molar-refractivity contribution in [2.75, 3.05) is 20.1 Å². The van der Waals surface area contributed by atoms with Crippen LogP contribution in [0.2, 0.25) is 0 Å². The average molecular weight is 340 g/mol. The molecule has 1 heterocycles. The van der Waals surface area contributed by atoms with E-state index < -0.39 is 10.0 Å². The van der Waals surface area contributed by atoms with Gasteiger partial charge in [-0.15, -0.1) is 0 Å². The van der Waals surface area contributed by atoms with Crippen LogP contribution >= 0.6 is 12.2 Å². The Bertz CT molecular complexity index is 663. The van der Waals surface area contributed by atoms with E-state index in [1.54, 1.807) is 31.3 Å². The van der Waals surface area contributed by atoms with Gasteiger partial charge < -0.3 is 5.32 Å². The van der Waals surface area contributed by atoms with Gasteiger partial charge in [0, 0.05) is 20.1 Å². The molecule has 0 spiro atoms. The van der Waals surface area contributed by atoms with Crippen LogP contribution in [0.15, 0.2) is 34.3 Å². The van der Waals surface area contributed by atoms with E-state index in [1.165, 1.54) is 4.31 Å². The Morgan fingerprint density at radius 1 is 1.23 bits per heavy atom. The van der Waals surface area contributed by atoms with Crippen molar-refractivity contribution in [1.82, 2.24) is 15.0 Å². The van der Waals surface area contributed by atoms with E-state index in [2.05, 4.69) is 15.8 Å². The van der Waals surface area contributed by atoms with Gasteiger partial charge in [-0.1, -0.05) is 12.1 Å². The highest BCUT2D eigenvalue weighted by atomic mass is 32.2. The second-order valence-electron chi connectivity index (χ2n) is 5.02. The molecule has 1 saturated heterocycles. The summed E-state index contributed by atoms with van der Waals surface area (Å²) in [6.07, 6.45) is 1.86. The van der Waals surface area contributed by atoms with Crippen molar-refractivity contribution in [1.29, 1.82) is 0 Å². The Morgan fingerprint density at radius 2 is 1.82 bits per heavy atom. The molecule has 1 aliphatic rings. The SMILES string of the molecule is CNC(=S)N/N=C(\C)c1ccc(S(=O)(=O)N2CCCC2)cc1. The summed E-state index contributed by atoms with van der Waals surface area (Å²) < 4.78 is 26.4. The summed E-state index contributed by atoms with van der Waals surface area (Å²) >= 11 is 4.94. The molecule has 1 aromatic rings. The lowest BCUT2D eigenvalue weighted by Gasteiger charge is -2.15. The van der Waals surface area contributed by atoms with Crippen molar-refractivity contribution >= 4 is 33.1 Å². The van der Waals surface area contributed by atoms with Crippen molar-refractivity contribution in [3.63, 3.8) is 0 Å². The first-order valence-corrected chi connectivity index (χ1v) is 8.92. The Hall–Kier alpha value is -1.51. The van der Waals surface area contributed by atoms with Gasteiger partial charge in [-0.25, -0.2) is 8.42 Å². The third-order valence-corrected chi connectivity index (χ3v) is 5.74. The molecular weight excluding hydrogens is 320 g/mol. The molecule has 0 saturated carbocycles. The Labute approximate surface area is 136 Å². The van der Waals surface area contributed by atoms with Gasteiger partial charge in [-0.05, 0) is 49.7 Å². The molecular formula is C14H20N4O2S2. The van der Waals surface area contributed by atoms with Crippen LogP contribution in [0.1, 0.15) is 25.3 Å². The van der Waals surface area contributed by atoms with Gasteiger partial charge in [0.2, 0.25) is 10.0 Å². The van der Waals surface area contributed by atoms with E-state index >= 15 is 0 Å². The molecule has 6 nitrogen and oxygen atoms in total. The smallest absolute Gasteiger partial charge is 0.243 e. The normalized spacial score (nSPS) is 16.5. The lowest BCUT2D eigenvalue weighted by atomic mass is 10.1. The van der Waals surface area contributed by atoms with Gasteiger partial charge in [-0.3, -0.25) is 5.43 Å². The van der Waals surface area contributed by atoms with Crippen LogP contribution in [0.3, 0.4) is 0 Å². The number of hydrogen-bond acceptors (Lipinski definition) is 4. The quantitative estimate of drug-likeness (QED) is 0.491. The molecule has 0 amide bonds. The summed E-state index contributed by atoms with van der Waals surface area (Å²) in [6, 6.07) is 6.76. The second kappa shape index (κ2) is 7.17. The fourth-order valence-electron chi connectivity index (χ4n) is 2.20. The molecule has 0 unspecified atom stereocenters. The molecule has 1 fully saturated rings. The number of hydrogen-bond donors (Lipinski definition) is 2. The number of sulfonamides is 1. The number of nitrogens with one attached hydrogen (secondary N) is 2. The third kappa shape index (κ3) is 3.82. The van der Waals surface area contributed by atoms with Gasteiger partial charge in [0.1, 0.15) is 0 Å². The summed E-state index contributed by atoms with van der Waals surface area (Å²) in [6.45, 7) is 3.04. The monoisotopic (exact) mass is 340 g/mol. The highest BCUT2D eigenvalue weighted by Gasteiger charge is 2.26. The lowest BCUT2D eigenvalue weighted by Crippen LogP contribution is -2.29. The number of nitrogens with zero attached hydrogens (tertiary/aromatic N) is 2. The van der Waals surface area contributed by atoms with E-state index in [-0.39, 0.29) is 0 Å². The lowest BCUT2D eigenvalue weighted by molar-refractivity contribution is 0.477. The van der Waals surface area contributed by atoms with Crippen LogP contribution < -0.4 is 10.7 Å². The maximum Gasteiger partial charge on any atom is 0.243 e. The minimum absolute atomic E-state index is 0.324. The summed E-state index contributed by atoms with van der Waals surface area (Å²) in [4.78, 5) is 0.324. The molecule has 2 N–H and O–H groups in total. The fraction of sp³-hybridized carbons (Fsp3) is 0.429. The number of thiocarbonyl (C=S) groups is 1. The first kappa shape index (κ1) is 16.9. The zero-order valence-electron chi connectivity index (χ0n) is 12.7. The highest BCUT2D eigenvalue weighted by Crippen LogP contribution is 2.21. The largest absolute Gasteiger partial charge is 0.364 e. The molecule has 0 atom stereocenters. The van der Waals surface area contributed by atoms with Crippen molar-refractivity contribution in [3.8, 4) is 0 Å². The fourth-order valence-corrected chi connectivity index (χ4v) is 3.76. The topological polar surface area (TPSA) is 73.8 Å². The van der Waals surface area contributed by atoms with Gasteiger partial charge >= 0.3 is 0 Å². The van der Waals surface area contributed by atoms with Crippen LogP contribution in [-0.2, 0) is 10.0 Å². The molecule has 0 radical (unpaired) electrons. The number of rotatable bonds is 4. The highest BCUT2D eigenvalue weighted by molar-refractivity contribution is 7.89. The number of benzene rings is 1. The first-order valence-electron chi connectivity index (χ1n) is 7.08. The van der Waals surface area contributed by atoms with Crippen molar-refractivity contribution in [2.45, 2.75) is 24.7 Å².